The van der Waals surface area contributed by atoms with Gasteiger partial charge in [-0.3, -0.25) is 14.4 Å². The molecule has 2 aliphatic heterocycles. The number of halogens is 1. The number of fused-ring (bicyclic) bond motifs is 1. The molecule has 1 N–H and O–H groups in total. The number of esters is 1. The quantitative estimate of drug-likeness (QED) is 0.337. The van der Waals surface area contributed by atoms with Gasteiger partial charge in [0.1, 0.15) is 10.7 Å². The Kier molecular flexibility index (Phi) is 7.47. The summed E-state index contributed by atoms with van der Waals surface area (Å²) in [7, 11) is 0. The zero-order valence-corrected chi connectivity index (χ0v) is 22.0. The van der Waals surface area contributed by atoms with E-state index in [-0.39, 0.29) is 34.5 Å². The summed E-state index contributed by atoms with van der Waals surface area (Å²) in [5, 5.41) is 2.64. The van der Waals surface area contributed by atoms with Crippen LogP contribution < -0.4 is 10.2 Å². The highest BCUT2D eigenvalue weighted by molar-refractivity contribution is 6.53. The summed E-state index contributed by atoms with van der Waals surface area (Å²) in [6.07, 6.45) is 1.48. The van der Waals surface area contributed by atoms with E-state index in [2.05, 4.69) is 11.4 Å². The number of benzene rings is 3. The largest absolute Gasteiger partial charge is 0.462 e. The molecule has 5 rings (SSSR count). The van der Waals surface area contributed by atoms with Gasteiger partial charge in [0.25, 0.3) is 17.7 Å². The molecule has 0 aromatic heterocycles. The van der Waals surface area contributed by atoms with Crippen molar-refractivity contribution < 1.29 is 23.9 Å². The molecule has 3 aromatic carbocycles. The van der Waals surface area contributed by atoms with Gasteiger partial charge in [0, 0.05) is 24.3 Å². The van der Waals surface area contributed by atoms with Gasteiger partial charge in [0.2, 0.25) is 0 Å². The first-order chi connectivity index (χ1) is 18.9. The first kappa shape index (κ1) is 26.2. The molecule has 2 heterocycles. The van der Waals surface area contributed by atoms with E-state index < -0.39 is 17.8 Å². The maximum atomic E-state index is 13.2. The van der Waals surface area contributed by atoms with E-state index in [1.807, 2.05) is 30.0 Å². The second-order valence-corrected chi connectivity index (χ2v) is 9.65. The van der Waals surface area contributed by atoms with E-state index in [0.29, 0.717) is 30.8 Å². The van der Waals surface area contributed by atoms with Crippen molar-refractivity contribution in [1.82, 2.24) is 4.90 Å². The third-order valence-electron chi connectivity index (χ3n) is 6.62. The number of hydrogen-bond acceptors (Lipinski definition) is 6. The normalized spacial score (nSPS) is 14.9. The van der Waals surface area contributed by atoms with Crippen molar-refractivity contribution in [2.45, 2.75) is 26.3 Å². The molecule has 198 valence electrons. The Morgan fingerprint density at radius 2 is 1.67 bits per heavy atom. The van der Waals surface area contributed by atoms with Crippen LogP contribution in [-0.4, -0.2) is 41.7 Å². The molecule has 0 atom stereocenters. The molecule has 0 radical (unpaired) electrons. The maximum absolute atomic E-state index is 13.2. The minimum absolute atomic E-state index is 0.0797. The van der Waals surface area contributed by atoms with Crippen LogP contribution in [0.25, 0.3) is 0 Å². The second kappa shape index (κ2) is 11.1. The van der Waals surface area contributed by atoms with E-state index in [0.717, 1.165) is 16.9 Å². The van der Waals surface area contributed by atoms with E-state index >= 15 is 0 Å². The van der Waals surface area contributed by atoms with Gasteiger partial charge < -0.3 is 15.0 Å². The van der Waals surface area contributed by atoms with Gasteiger partial charge in [-0.05, 0) is 66.4 Å². The van der Waals surface area contributed by atoms with E-state index in [1.165, 1.54) is 11.6 Å². The summed E-state index contributed by atoms with van der Waals surface area (Å²) in [6.45, 7) is 3.35. The average molecular weight is 544 g/mol. The molecule has 0 spiro atoms. The van der Waals surface area contributed by atoms with Crippen molar-refractivity contribution in [3.63, 3.8) is 0 Å². The molecule has 9 heteroatoms. The zero-order valence-electron chi connectivity index (χ0n) is 21.3. The molecule has 8 nitrogen and oxygen atoms in total. The Balaban J connectivity index is 1.28. The molecule has 39 heavy (non-hydrogen) atoms. The van der Waals surface area contributed by atoms with Crippen LogP contribution in [0.4, 0.5) is 11.4 Å². The lowest BCUT2D eigenvalue weighted by Crippen LogP contribution is -2.35. The number of hydrogen-bond donors (Lipinski definition) is 1. The fourth-order valence-electron chi connectivity index (χ4n) is 4.59. The summed E-state index contributed by atoms with van der Waals surface area (Å²) < 4.78 is 5.15. The van der Waals surface area contributed by atoms with E-state index in [4.69, 9.17) is 16.3 Å². The van der Waals surface area contributed by atoms with Gasteiger partial charge in [0.15, 0.2) is 0 Å². The highest BCUT2D eigenvalue weighted by atomic mass is 35.5. The lowest BCUT2D eigenvalue weighted by atomic mass is 9.99. The second-order valence-electron chi connectivity index (χ2n) is 9.27. The Labute approximate surface area is 230 Å². The molecule has 0 saturated carbocycles. The number of nitrogens with one attached hydrogen (secondary N) is 1. The van der Waals surface area contributed by atoms with Gasteiger partial charge in [0.05, 0.1) is 17.9 Å². The Morgan fingerprint density at radius 3 is 2.41 bits per heavy atom. The predicted molar refractivity (Wildman–Crippen MR) is 147 cm³/mol. The van der Waals surface area contributed by atoms with Gasteiger partial charge in [-0.1, -0.05) is 48.9 Å². The number of carbonyl (C=O) groups is 4. The van der Waals surface area contributed by atoms with E-state index in [9.17, 15) is 19.2 Å². The van der Waals surface area contributed by atoms with Crippen molar-refractivity contribution >= 4 is 46.7 Å². The summed E-state index contributed by atoms with van der Waals surface area (Å²) in [4.78, 5) is 54.1. The van der Waals surface area contributed by atoms with Crippen LogP contribution in [-0.2, 0) is 27.3 Å². The molecule has 0 fully saturated rings. The maximum Gasteiger partial charge on any atom is 0.338 e. The van der Waals surface area contributed by atoms with Crippen molar-refractivity contribution in [3.05, 3.63) is 106 Å². The Hall–Kier alpha value is -4.43. The van der Waals surface area contributed by atoms with Crippen LogP contribution >= 0.6 is 11.6 Å². The number of nitrogens with zero attached hydrogens (tertiary/aromatic N) is 2. The third-order valence-corrected chi connectivity index (χ3v) is 6.97. The van der Waals surface area contributed by atoms with Crippen LogP contribution in [0.1, 0.15) is 45.2 Å². The fourth-order valence-corrected chi connectivity index (χ4v) is 4.80. The zero-order chi connectivity index (χ0) is 27.5. The minimum Gasteiger partial charge on any atom is -0.462 e. The summed E-state index contributed by atoms with van der Waals surface area (Å²) in [6, 6.07) is 20.8. The number of rotatable bonds is 7. The minimum atomic E-state index is -0.708. The molecule has 0 saturated heterocycles. The van der Waals surface area contributed by atoms with Gasteiger partial charge in [-0.2, -0.15) is 0 Å². The summed E-state index contributed by atoms with van der Waals surface area (Å²) in [5.41, 5.74) is 3.75. The van der Waals surface area contributed by atoms with Crippen LogP contribution in [0.3, 0.4) is 0 Å². The fraction of sp³-hybridized carbons (Fsp3) is 0.200. The van der Waals surface area contributed by atoms with Crippen LogP contribution in [0, 0.1) is 0 Å². The predicted octanol–water partition coefficient (Wildman–Crippen LogP) is 4.89. The smallest absolute Gasteiger partial charge is 0.338 e. The molecule has 3 amide bonds. The van der Waals surface area contributed by atoms with E-state index in [1.54, 1.807) is 42.5 Å². The first-order valence-corrected chi connectivity index (χ1v) is 13.0. The molecular weight excluding hydrogens is 518 g/mol. The molecule has 0 aliphatic carbocycles. The lowest BCUT2D eigenvalue weighted by Gasteiger charge is -2.29. The summed E-state index contributed by atoms with van der Waals surface area (Å²) >= 11 is 6.27. The number of carbonyl (C=O) groups excluding carboxylic acids is 4. The van der Waals surface area contributed by atoms with Crippen molar-refractivity contribution in [2.24, 2.45) is 0 Å². The molecular formula is C30H26ClN3O5. The number of ether oxygens (including phenoxy) is 1. The standard InChI is InChI=1S/C30H26ClN3O5/c1-2-16-39-30(38)21-8-5-9-24(17-21)34-28(36)25(31)26(29(34)37)32-23-12-10-20(11-13-23)27(35)33-15-14-19-6-3-4-7-22(19)18-33/h3-13,17,32H,2,14-16,18H2,1H3. The topological polar surface area (TPSA) is 96.0 Å². The lowest BCUT2D eigenvalue weighted by molar-refractivity contribution is -0.120. The first-order valence-electron chi connectivity index (χ1n) is 12.7. The Morgan fingerprint density at radius 1 is 0.923 bits per heavy atom. The van der Waals surface area contributed by atoms with Gasteiger partial charge in [-0.15, -0.1) is 0 Å². The average Bonchev–Trinajstić information content (AvgIpc) is 3.18. The Bertz CT molecular complexity index is 1500. The number of imide groups is 1. The molecule has 0 unspecified atom stereocenters. The highest BCUT2D eigenvalue weighted by Gasteiger charge is 2.39. The van der Waals surface area contributed by atoms with Gasteiger partial charge in [-0.25, -0.2) is 9.69 Å². The number of anilines is 2. The van der Waals surface area contributed by atoms with Crippen LogP contribution in [0.2, 0.25) is 0 Å². The van der Waals surface area contributed by atoms with Crippen molar-refractivity contribution in [2.75, 3.05) is 23.4 Å². The van der Waals surface area contributed by atoms with Crippen molar-refractivity contribution in [3.8, 4) is 0 Å². The van der Waals surface area contributed by atoms with Crippen LogP contribution in [0.5, 0.6) is 0 Å². The number of amides is 3. The third kappa shape index (κ3) is 5.28. The summed E-state index contributed by atoms with van der Waals surface area (Å²) in [5.74, 6) is -1.99. The van der Waals surface area contributed by atoms with Gasteiger partial charge >= 0.3 is 5.97 Å². The molecule has 0 bridgehead atoms. The SMILES string of the molecule is CCCOC(=O)c1cccc(N2C(=O)C(Cl)=C(Nc3ccc(C(=O)N4CCc5ccccc5C4)cc3)C2=O)c1. The van der Waals surface area contributed by atoms with Crippen molar-refractivity contribution in [1.29, 1.82) is 0 Å². The molecule has 3 aromatic rings. The molecule has 2 aliphatic rings. The van der Waals surface area contributed by atoms with Crippen LogP contribution in [0.15, 0.2) is 83.5 Å². The monoisotopic (exact) mass is 543 g/mol. The highest BCUT2D eigenvalue weighted by Crippen LogP contribution is 2.31.